The zero-order chi connectivity index (χ0) is 47.2. The monoisotopic (exact) mass is 893 g/mol. The molecule has 0 bridgehead atoms. The Morgan fingerprint density at radius 2 is 0.723 bits per heavy atom. The second kappa shape index (κ2) is 51.7. The molecular formula is C59H88O6. The molecule has 6 heteroatoms. The van der Waals surface area contributed by atoms with Crippen LogP contribution >= 0.6 is 0 Å². The summed E-state index contributed by atoms with van der Waals surface area (Å²) in [6.07, 6.45) is 75.3. The Morgan fingerprint density at radius 3 is 1.25 bits per heavy atom. The number of carbonyl (C=O) groups is 3. The highest BCUT2D eigenvalue weighted by Crippen LogP contribution is 2.11. The maximum absolute atomic E-state index is 12.8. The minimum atomic E-state index is -0.851. The maximum atomic E-state index is 12.8. The normalized spacial score (nSPS) is 13.5. The van der Waals surface area contributed by atoms with Crippen molar-refractivity contribution in [3.05, 3.63) is 158 Å². The van der Waals surface area contributed by atoms with E-state index in [4.69, 9.17) is 14.2 Å². The summed E-state index contributed by atoms with van der Waals surface area (Å²) >= 11 is 0. The van der Waals surface area contributed by atoms with Crippen LogP contribution in [0.2, 0.25) is 0 Å². The molecular weight excluding hydrogens is 805 g/mol. The number of hydrogen-bond acceptors (Lipinski definition) is 6. The summed E-state index contributed by atoms with van der Waals surface area (Å²) in [6.45, 7) is 6.17. The van der Waals surface area contributed by atoms with Gasteiger partial charge < -0.3 is 14.2 Å². The van der Waals surface area contributed by atoms with E-state index in [0.29, 0.717) is 12.8 Å². The van der Waals surface area contributed by atoms with Gasteiger partial charge in [-0.3, -0.25) is 14.4 Å². The highest BCUT2D eigenvalue weighted by atomic mass is 16.6. The van der Waals surface area contributed by atoms with Crippen LogP contribution in [-0.2, 0) is 28.6 Å². The van der Waals surface area contributed by atoms with E-state index in [1.165, 1.54) is 32.1 Å². The molecule has 0 aliphatic rings. The van der Waals surface area contributed by atoms with Crippen LogP contribution < -0.4 is 0 Å². The molecule has 0 aromatic carbocycles. The van der Waals surface area contributed by atoms with Gasteiger partial charge in [0.2, 0.25) is 0 Å². The Balaban J connectivity index is 4.65. The summed E-state index contributed by atoms with van der Waals surface area (Å²) < 4.78 is 16.6. The Hall–Kier alpha value is -4.97. The predicted molar refractivity (Wildman–Crippen MR) is 278 cm³/mol. The number of carbonyl (C=O) groups excluding carboxylic acids is 3. The predicted octanol–water partition coefficient (Wildman–Crippen LogP) is 16.6. The van der Waals surface area contributed by atoms with Gasteiger partial charge in [-0.2, -0.15) is 0 Å². The average molecular weight is 893 g/mol. The van der Waals surface area contributed by atoms with Gasteiger partial charge in [0, 0.05) is 19.3 Å². The van der Waals surface area contributed by atoms with Crippen molar-refractivity contribution in [1.29, 1.82) is 0 Å². The fourth-order valence-corrected chi connectivity index (χ4v) is 5.96. The molecule has 0 fully saturated rings. The van der Waals surface area contributed by atoms with Gasteiger partial charge in [0.05, 0.1) is 0 Å². The summed E-state index contributed by atoms with van der Waals surface area (Å²) in [5.41, 5.74) is 0. The Kier molecular flexibility index (Phi) is 47.7. The highest BCUT2D eigenvalue weighted by Gasteiger charge is 2.19. The van der Waals surface area contributed by atoms with Gasteiger partial charge in [0.1, 0.15) is 13.2 Å². The molecule has 0 aliphatic carbocycles. The fourth-order valence-electron chi connectivity index (χ4n) is 5.96. The molecule has 65 heavy (non-hydrogen) atoms. The SMILES string of the molecule is CC/C=C/C=C/C=C/C=C/C=C/CCCC(=O)OCC(COC(=O)CC/C=C/C/C=C/C/C=C/C/C=C/C/C=C/C/C=C/CC)OC(=O)CCCCCCCC/C=C/C=C/CCCCC. The topological polar surface area (TPSA) is 78.9 Å². The number of rotatable bonds is 42. The van der Waals surface area contributed by atoms with E-state index < -0.39 is 6.10 Å². The quantitative estimate of drug-likeness (QED) is 0.0200. The van der Waals surface area contributed by atoms with E-state index in [1.807, 2.05) is 66.8 Å². The second-order valence-electron chi connectivity index (χ2n) is 15.8. The molecule has 1 atom stereocenters. The first kappa shape index (κ1) is 60.0. The van der Waals surface area contributed by atoms with E-state index in [9.17, 15) is 14.4 Å². The van der Waals surface area contributed by atoms with Crippen molar-refractivity contribution in [2.45, 2.75) is 181 Å². The number of ether oxygens (including phenoxy) is 3. The van der Waals surface area contributed by atoms with Crippen LogP contribution in [0, 0.1) is 0 Å². The first-order chi connectivity index (χ1) is 32.0. The van der Waals surface area contributed by atoms with E-state index in [1.54, 1.807) is 0 Å². The summed E-state index contributed by atoms with van der Waals surface area (Å²) in [5, 5.41) is 0. The molecule has 0 amide bonds. The first-order valence-electron chi connectivity index (χ1n) is 25.1. The summed E-state index contributed by atoms with van der Waals surface area (Å²) in [7, 11) is 0. The molecule has 0 spiro atoms. The highest BCUT2D eigenvalue weighted by molar-refractivity contribution is 5.71. The van der Waals surface area contributed by atoms with E-state index in [-0.39, 0.29) is 50.4 Å². The Bertz CT molecular complexity index is 1540. The molecule has 6 nitrogen and oxygen atoms in total. The first-order valence-corrected chi connectivity index (χ1v) is 25.1. The molecule has 360 valence electrons. The van der Waals surface area contributed by atoms with Gasteiger partial charge in [-0.15, -0.1) is 0 Å². The van der Waals surface area contributed by atoms with Crippen LogP contribution in [-0.4, -0.2) is 37.2 Å². The summed E-state index contributed by atoms with van der Waals surface area (Å²) in [5.74, 6) is -1.13. The van der Waals surface area contributed by atoms with Gasteiger partial charge in [-0.1, -0.05) is 217 Å². The van der Waals surface area contributed by atoms with Crippen molar-refractivity contribution in [2.75, 3.05) is 13.2 Å². The molecule has 0 rings (SSSR count). The van der Waals surface area contributed by atoms with Gasteiger partial charge in [-0.25, -0.2) is 0 Å². The largest absolute Gasteiger partial charge is 0.462 e. The molecule has 1 unspecified atom stereocenters. The number of unbranched alkanes of at least 4 members (excludes halogenated alkanes) is 10. The average Bonchev–Trinajstić information content (AvgIpc) is 3.30. The third kappa shape index (κ3) is 49.9. The minimum absolute atomic E-state index is 0.151. The lowest BCUT2D eigenvalue weighted by Crippen LogP contribution is -2.30. The Labute approximate surface area is 397 Å². The van der Waals surface area contributed by atoms with Crippen molar-refractivity contribution in [2.24, 2.45) is 0 Å². The van der Waals surface area contributed by atoms with Crippen LogP contribution in [0.3, 0.4) is 0 Å². The van der Waals surface area contributed by atoms with Crippen molar-refractivity contribution in [3.8, 4) is 0 Å². The van der Waals surface area contributed by atoms with Crippen LogP contribution in [0.15, 0.2) is 158 Å². The standard InChI is InChI=1S/C59H88O6/c1-4-7-10-13-16-19-22-25-27-28-29-30-32-34-37-40-43-46-49-52-58(61)64-55-56(54-63-57(60)51-48-45-42-39-36-33-24-21-18-15-12-9-6-3)65-59(62)53-50-47-44-41-38-35-31-26-23-20-17-14-11-8-5-2/h7,9-10,12,15-21,23-27,29-30,33-34,36-37,39,42-43,46,56H,4-6,8,11,13-14,22,28,31-32,35,38,40-41,44-45,47-55H2,1-3H3/b10-7+,12-9+,18-15+,19-16+,20-17+,24-21+,26-23+,27-25+,30-29+,36-33+,37-34+,42-39+,46-43+. The number of esters is 3. The molecule has 0 radical (unpaired) electrons. The lowest BCUT2D eigenvalue weighted by atomic mass is 10.1. The van der Waals surface area contributed by atoms with Crippen molar-refractivity contribution < 1.29 is 28.6 Å². The lowest BCUT2D eigenvalue weighted by molar-refractivity contribution is -0.166. The van der Waals surface area contributed by atoms with Gasteiger partial charge in [-0.05, 0) is 96.3 Å². The van der Waals surface area contributed by atoms with Crippen molar-refractivity contribution in [1.82, 2.24) is 0 Å². The summed E-state index contributed by atoms with van der Waals surface area (Å²) in [6, 6.07) is 0. The van der Waals surface area contributed by atoms with E-state index in [2.05, 4.69) is 112 Å². The van der Waals surface area contributed by atoms with Crippen molar-refractivity contribution in [3.63, 3.8) is 0 Å². The van der Waals surface area contributed by atoms with Gasteiger partial charge in [0.25, 0.3) is 0 Å². The van der Waals surface area contributed by atoms with E-state index >= 15 is 0 Å². The zero-order valence-electron chi connectivity index (χ0n) is 40.9. The molecule has 0 aromatic rings. The third-order valence-corrected chi connectivity index (χ3v) is 9.67. The van der Waals surface area contributed by atoms with Crippen molar-refractivity contribution >= 4 is 17.9 Å². The molecule has 0 aromatic heterocycles. The smallest absolute Gasteiger partial charge is 0.306 e. The second-order valence-corrected chi connectivity index (χ2v) is 15.8. The Morgan fingerprint density at radius 1 is 0.338 bits per heavy atom. The molecule has 0 N–H and O–H groups in total. The fraction of sp³-hybridized carbons (Fsp3) is 0.508. The van der Waals surface area contributed by atoms with Gasteiger partial charge in [0.15, 0.2) is 6.10 Å². The molecule has 0 aliphatic heterocycles. The molecule has 0 saturated carbocycles. The zero-order valence-corrected chi connectivity index (χ0v) is 40.9. The molecule has 0 heterocycles. The number of allylic oxidation sites excluding steroid dienone is 26. The lowest BCUT2D eigenvalue weighted by Gasteiger charge is -2.18. The summed E-state index contributed by atoms with van der Waals surface area (Å²) in [4.78, 5) is 37.9. The van der Waals surface area contributed by atoms with Crippen LogP contribution in [0.5, 0.6) is 0 Å². The number of hydrogen-bond donors (Lipinski definition) is 0. The van der Waals surface area contributed by atoms with Crippen LogP contribution in [0.25, 0.3) is 0 Å². The van der Waals surface area contributed by atoms with Gasteiger partial charge >= 0.3 is 17.9 Å². The maximum Gasteiger partial charge on any atom is 0.306 e. The minimum Gasteiger partial charge on any atom is -0.462 e. The van der Waals surface area contributed by atoms with Crippen LogP contribution in [0.4, 0.5) is 0 Å². The van der Waals surface area contributed by atoms with Crippen LogP contribution in [0.1, 0.15) is 175 Å². The molecule has 0 saturated heterocycles. The third-order valence-electron chi connectivity index (χ3n) is 9.67. The van der Waals surface area contributed by atoms with E-state index in [0.717, 1.165) is 89.9 Å².